The molecule has 0 unspecified atom stereocenters. The summed E-state index contributed by atoms with van der Waals surface area (Å²) in [5.74, 6) is 1.44. The first-order valence-electron chi connectivity index (χ1n) is 14.5. The number of nitrogens with one attached hydrogen (secondary N) is 1. The lowest BCUT2D eigenvalue weighted by molar-refractivity contribution is 0.103. The SMILES string of the molecule is CC(CO)(CO)NCc1cc(Cl)c(OCc2cccc(-c3cccc(OCCCBr)c3Cl)c2Cl)cc1OCc1cccc(C#N)c1. The van der Waals surface area contributed by atoms with E-state index in [1.54, 1.807) is 37.3 Å². The molecule has 4 aromatic rings. The minimum Gasteiger partial charge on any atom is -0.492 e. The molecule has 0 fully saturated rings. The normalized spacial score (nSPS) is 11.3. The Labute approximate surface area is 292 Å². The molecule has 4 aromatic carbocycles. The van der Waals surface area contributed by atoms with Crippen molar-refractivity contribution in [1.29, 1.82) is 5.26 Å². The van der Waals surface area contributed by atoms with Crippen LogP contribution in [0.2, 0.25) is 15.1 Å². The number of rotatable bonds is 16. The van der Waals surface area contributed by atoms with Crippen molar-refractivity contribution >= 4 is 50.7 Å². The summed E-state index contributed by atoms with van der Waals surface area (Å²) in [5, 5.41) is 34.1. The lowest BCUT2D eigenvalue weighted by Gasteiger charge is -2.27. The summed E-state index contributed by atoms with van der Waals surface area (Å²) in [6.07, 6.45) is 0.847. The molecule has 4 rings (SSSR count). The van der Waals surface area contributed by atoms with Crippen LogP contribution in [0.1, 0.15) is 35.6 Å². The molecule has 0 atom stereocenters. The van der Waals surface area contributed by atoms with Gasteiger partial charge in [0.05, 0.1) is 52.1 Å². The van der Waals surface area contributed by atoms with Crippen LogP contribution in [0, 0.1) is 11.3 Å². The van der Waals surface area contributed by atoms with Crippen molar-refractivity contribution in [3.63, 3.8) is 0 Å². The van der Waals surface area contributed by atoms with Gasteiger partial charge in [0.2, 0.25) is 0 Å². The summed E-state index contributed by atoms with van der Waals surface area (Å²) in [7, 11) is 0. The predicted molar refractivity (Wildman–Crippen MR) is 186 cm³/mol. The van der Waals surface area contributed by atoms with Crippen LogP contribution in [-0.2, 0) is 19.8 Å². The van der Waals surface area contributed by atoms with E-state index in [0.29, 0.717) is 50.1 Å². The highest BCUT2D eigenvalue weighted by Crippen LogP contribution is 2.40. The van der Waals surface area contributed by atoms with Gasteiger partial charge in [0.1, 0.15) is 30.5 Å². The van der Waals surface area contributed by atoms with Crippen molar-refractivity contribution in [1.82, 2.24) is 5.32 Å². The zero-order valence-corrected chi connectivity index (χ0v) is 29.0. The third-order valence-corrected chi connectivity index (χ3v) is 8.91. The molecule has 0 saturated carbocycles. The molecule has 0 spiro atoms. The molecule has 242 valence electrons. The Morgan fingerprint density at radius 1 is 0.804 bits per heavy atom. The van der Waals surface area contributed by atoms with E-state index in [0.717, 1.165) is 34.0 Å². The van der Waals surface area contributed by atoms with Crippen LogP contribution in [0.25, 0.3) is 11.1 Å². The second-order valence-electron chi connectivity index (χ2n) is 10.8. The molecule has 11 heteroatoms. The molecule has 0 aliphatic heterocycles. The Morgan fingerprint density at radius 2 is 1.50 bits per heavy atom. The first kappa shape index (κ1) is 35.8. The molecule has 0 aromatic heterocycles. The van der Waals surface area contributed by atoms with E-state index in [2.05, 4.69) is 27.3 Å². The average molecular weight is 749 g/mol. The van der Waals surface area contributed by atoms with Gasteiger partial charge in [-0.1, -0.05) is 93.2 Å². The number of aliphatic hydroxyl groups excluding tert-OH is 2. The van der Waals surface area contributed by atoms with Gasteiger partial charge in [0.25, 0.3) is 0 Å². The Balaban J connectivity index is 1.58. The van der Waals surface area contributed by atoms with Gasteiger partial charge in [-0.15, -0.1) is 0 Å². The maximum atomic E-state index is 9.75. The standard InChI is InChI=1S/C35H34BrCl3N2O5/c1-35(21-42,22-43)41-18-26-15-29(37)32(16-31(26)45-19-24-7-2-6-23(14-24)17-40)46-20-25-8-3-9-27(33(25)38)28-10-4-11-30(34(28)39)44-13-5-12-36/h2-4,6-11,14-16,41-43H,5,12-13,18-22H2,1H3. The summed E-state index contributed by atoms with van der Waals surface area (Å²) in [4.78, 5) is 0. The number of alkyl halides is 1. The van der Waals surface area contributed by atoms with Crippen LogP contribution < -0.4 is 19.5 Å². The van der Waals surface area contributed by atoms with E-state index in [4.69, 9.17) is 49.0 Å². The van der Waals surface area contributed by atoms with Crippen molar-refractivity contribution in [2.45, 2.75) is 38.6 Å². The molecule has 0 heterocycles. The number of hydrogen-bond acceptors (Lipinski definition) is 7. The van der Waals surface area contributed by atoms with Crippen LogP contribution >= 0.6 is 50.7 Å². The van der Waals surface area contributed by atoms with Crippen molar-refractivity contribution in [2.75, 3.05) is 25.2 Å². The summed E-state index contributed by atoms with van der Waals surface area (Å²) < 4.78 is 18.2. The minimum atomic E-state index is -0.913. The number of hydrogen-bond donors (Lipinski definition) is 3. The van der Waals surface area contributed by atoms with Gasteiger partial charge in [-0.2, -0.15) is 5.26 Å². The zero-order chi connectivity index (χ0) is 33.1. The van der Waals surface area contributed by atoms with Gasteiger partial charge in [0.15, 0.2) is 0 Å². The van der Waals surface area contributed by atoms with Crippen molar-refractivity contribution in [2.24, 2.45) is 0 Å². The quantitative estimate of drug-likeness (QED) is 0.0782. The number of benzene rings is 4. The van der Waals surface area contributed by atoms with Crippen LogP contribution in [-0.4, -0.2) is 40.9 Å². The second kappa shape index (κ2) is 17.2. The Hall–Kier alpha value is -3.00. The third kappa shape index (κ3) is 9.30. The van der Waals surface area contributed by atoms with E-state index in [1.165, 1.54) is 0 Å². The van der Waals surface area contributed by atoms with Crippen LogP contribution in [0.3, 0.4) is 0 Å². The predicted octanol–water partition coefficient (Wildman–Crippen LogP) is 8.34. The van der Waals surface area contributed by atoms with E-state index < -0.39 is 5.54 Å². The first-order valence-corrected chi connectivity index (χ1v) is 16.8. The monoisotopic (exact) mass is 746 g/mol. The molecular formula is C35H34BrCl3N2O5. The molecule has 46 heavy (non-hydrogen) atoms. The summed E-state index contributed by atoms with van der Waals surface area (Å²) in [6.45, 7) is 2.25. The molecule has 0 radical (unpaired) electrons. The van der Waals surface area contributed by atoms with Crippen LogP contribution in [0.5, 0.6) is 17.2 Å². The molecule has 0 aliphatic carbocycles. The van der Waals surface area contributed by atoms with E-state index in [9.17, 15) is 15.5 Å². The molecule has 0 bridgehead atoms. The second-order valence-corrected chi connectivity index (χ2v) is 12.8. The first-order chi connectivity index (χ1) is 22.2. The van der Waals surface area contributed by atoms with Gasteiger partial charge in [-0.3, -0.25) is 0 Å². The van der Waals surface area contributed by atoms with Crippen LogP contribution in [0.15, 0.2) is 72.8 Å². The topological polar surface area (TPSA) is 104 Å². The fourth-order valence-electron chi connectivity index (χ4n) is 4.44. The number of nitriles is 1. The van der Waals surface area contributed by atoms with E-state index >= 15 is 0 Å². The highest BCUT2D eigenvalue weighted by Gasteiger charge is 2.23. The minimum absolute atomic E-state index is 0.111. The average Bonchev–Trinajstić information content (AvgIpc) is 3.07. The maximum Gasteiger partial charge on any atom is 0.142 e. The van der Waals surface area contributed by atoms with Crippen molar-refractivity contribution < 1.29 is 24.4 Å². The highest BCUT2D eigenvalue weighted by molar-refractivity contribution is 9.09. The number of aliphatic hydroxyl groups is 2. The fraction of sp³-hybridized carbons (Fsp3) is 0.286. The lowest BCUT2D eigenvalue weighted by Crippen LogP contribution is -2.48. The Bertz CT molecular complexity index is 1680. The molecule has 7 nitrogen and oxygen atoms in total. The van der Waals surface area contributed by atoms with Gasteiger partial charge < -0.3 is 29.7 Å². The maximum absolute atomic E-state index is 9.75. The smallest absolute Gasteiger partial charge is 0.142 e. The van der Waals surface area contributed by atoms with Gasteiger partial charge >= 0.3 is 0 Å². The van der Waals surface area contributed by atoms with Crippen LogP contribution in [0.4, 0.5) is 0 Å². The molecule has 3 N–H and O–H groups in total. The van der Waals surface area contributed by atoms with Crippen molar-refractivity contribution in [3.8, 4) is 34.4 Å². The number of ether oxygens (including phenoxy) is 3. The fourth-order valence-corrected chi connectivity index (χ4v) is 5.48. The summed E-state index contributed by atoms with van der Waals surface area (Å²) in [5.41, 5.74) is 3.32. The molecular weight excluding hydrogens is 715 g/mol. The van der Waals surface area contributed by atoms with Gasteiger partial charge in [0, 0.05) is 40.2 Å². The zero-order valence-electron chi connectivity index (χ0n) is 25.2. The van der Waals surface area contributed by atoms with E-state index in [1.807, 2.05) is 42.5 Å². The third-order valence-electron chi connectivity index (χ3n) is 7.22. The number of halogens is 4. The lowest BCUT2D eigenvalue weighted by atomic mass is 10.0. The number of nitrogens with zero attached hydrogens (tertiary/aromatic N) is 1. The molecule has 0 aliphatic rings. The molecule has 0 saturated heterocycles. The van der Waals surface area contributed by atoms with Crippen molar-refractivity contribution in [3.05, 3.63) is 110 Å². The van der Waals surface area contributed by atoms with Gasteiger partial charge in [-0.25, -0.2) is 0 Å². The molecule has 0 amide bonds. The largest absolute Gasteiger partial charge is 0.492 e. The van der Waals surface area contributed by atoms with Gasteiger partial charge in [-0.05, 0) is 43.2 Å². The Morgan fingerprint density at radius 3 is 2.22 bits per heavy atom. The summed E-state index contributed by atoms with van der Waals surface area (Å²) in [6, 6.07) is 23.9. The Kier molecular flexibility index (Phi) is 13.4. The van der Waals surface area contributed by atoms with E-state index in [-0.39, 0.29) is 33.0 Å². The highest BCUT2D eigenvalue weighted by atomic mass is 79.9. The summed E-state index contributed by atoms with van der Waals surface area (Å²) >= 11 is 23.7.